The third kappa shape index (κ3) is 7.27. The fraction of sp³-hybridized carbons (Fsp3) is 0.207. The van der Waals surface area contributed by atoms with Crippen LogP contribution in [0, 0.1) is 10.5 Å². The number of hydrogen-bond donors (Lipinski definition) is 1. The number of methoxy groups -OCH3 is 2. The first kappa shape index (κ1) is 29.3. The molecule has 3 aromatic rings. The molecule has 0 saturated carbocycles. The van der Waals surface area contributed by atoms with Crippen molar-refractivity contribution in [2.75, 3.05) is 39.3 Å². The molecule has 1 heterocycles. The van der Waals surface area contributed by atoms with Crippen molar-refractivity contribution in [3.8, 4) is 23.0 Å². The van der Waals surface area contributed by atoms with Gasteiger partial charge in [-0.25, -0.2) is 0 Å². The molecular formula is C29H27IN2O7S. The molecule has 0 unspecified atom stereocenters. The minimum Gasteiger partial charge on any atom is -0.493 e. The summed E-state index contributed by atoms with van der Waals surface area (Å²) in [7, 11) is 3.03. The van der Waals surface area contributed by atoms with Crippen LogP contribution in [0.1, 0.15) is 11.1 Å². The van der Waals surface area contributed by atoms with Gasteiger partial charge in [-0.1, -0.05) is 24.3 Å². The number of carbonyl (C=O) groups excluding carboxylic acids is 3. The predicted octanol–water partition coefficient (Wildman–Crippen LogP) is 5.75. The second-order valence-electron chi connectivity index (χ2n) is 8.57. The Hall–Kier alpha value is -3.71. The normalized spacial score (nSPS) is 13.9. The zero-order valence-corrected chi connectivity index (χ0v) is 25.0. The number of imide groups is 1. The SMILES string of the molecule is COc1ccccc1OCCN1C(=O)S/C(=C\c2cc(I)c(OCC(=O)Nc3cccc(C)c3)c(OC)c2)C1=O. The van der Waals surface area contributed by atoms with Gasteiger partial charge in [0.15, 0.2) is 29.6 Å². The highest BCUT2D eigenvalue weighted by Crippen LogP contribution is 2.37. The summed E-state index contributed by atoms with van der Waals surface area (Å²) < 4.78 is 22.9. The largest absolute Gasteiger partial charge is 0.493 e. The van der Waals surface area contributed by atoms with E-state index in [-0.39, 0.29) is 35.8 Å². The number of nitrogens with one attached hydrogen (secondary N) is 1. The number of aryl methyl sites for hydroxylation is 1. The number of para-hydroxylation sites is 2. The van der Waals surface area contributed by atoms with Gasteiger partial charge < -0.3 is 24.3 Å². The third-order valence-electron chi connectivity index (χ3n) is 5.71. The number of anilines is 1. The number of hydrogen-bond acceptors (Lipinski definition) is 8. The summed E-state index contributed by atoms with van der Waals surface area (Å²) in [6.45, 7) is 1.95. The van der Waals surface area contributed by atoms with Crippen LogP contribution in [-0.2, 0) is 9.59 Å². The van der Waals surface area contributed by atoms with Crippen LogP contribution >= 0.6 is 34.4 Å². The van der Waals surface area contributed by atoms with Crippen LogP contribution < -0.4 is 24.3 Å². The molecule has 1 fully saturated rings. The van der Waals surface area contributed by atoms with Crippen molar-refractivity contribution >= 4 is 63.2 Å². The van der Waals surface area contributed by atoms with E-state index in [4.69, 9.17) is 18.9 Å². The molecule has 0 aliphatic carbocycles. The number of ether oxygens (including phenoxy) is 4. The van der Waals surface area contributed by atoms with Gasteiger partial charge in [0, 0.05) is 5.69 Å². The first-order chi connectivity index (χ1) is 19.3. The Bertz CT molecular complexity index is 1460. The smallest absolute Gasteiger partial charge is 0.293 e. The molecule has 208 valence electrons. The molecule has 3 aromatic carbocycles. The molecule has 0 radical (unpaired) electrons. The third-order valence-corrected chi connectivity index (χ3v) is 7.42. The molecule has 40 heavy (non-hydrogen) atoms. The Morgan fingerprint density at radius 3 is 2.45 bits per heavy atom. The van der Waals surface area contributed by atoms with Crippen molar-refractivity contribution in [2.45, 2.75) is 6.92 Å². The number of nitrogens with zero attached hydrogens (tertiary/aromatic N) is 1. The molecule has 0 bridgehead atoms. The zero-order chi connectivity index (χ0) is 28.6. The van der Waals surface area contributed by atoms with E-state index < -0.39 is 5.91 Å². The topological polar surface area (TPSA) is 103 Å². The molecular weight excluding hydrogens is 647 g/mol. The summed E-state index contributed by atoms with van der Waals surface area (Å²) in [6, 6.07) is 18.1. The first-order valence-corrected chi connectivity index (χ1v) is 14.1. The van der Waals surface area contributed by atoms with E-state index in [2.05, 4.69) is 27.9 Å². The molecule has 9 nitrogen and oxygen atoms in total. The van der Waals surface area contributed by atoms with E-state index in [1.807, 2.05) is 37.3 Å². The highest BCUT2D eigenvalue weighted by atomic mass is 127. The quantitative estimate of drug-likeness (QED) is 0.203. The number of halogens is 1. The van der Waals surface area contributed by atoms with Crippen molar-refractivity contribution in [1.29, 1.82) is 0 Å². The minimum atomic E-state index is -0.402. The molecule has 0 aromatic heterocycles. The molecule has 0 spiro atoms. The molecule has 0 atom stereocenters. The second-order valence-corrected chi connectivity index (χ2v) is 10.7. The lowest BCUT2D eigenvalue weighted by Gasteiger charge is -2.15. The Morgan fingerprint density at radius 2 is 1.73 bits per heavy atom. The summed E-state index contributed by atoms with van der Waals surface area (Å²) in [5.74, 6) is 1.19. The number of carbonyl (C=O) groups is 3. The van der Waals surface area contributed by atoms with E-state index in [0.29, 0.717) is 37.8 Å². The summed E-state index contributed by atoms with van der Waals surface area (Å²) in [5.41, 5.74) is 2.36. The average Bonchev–Trinajstić information content (AvgIpc) is 3.19. The molecule has 11 heteroatoms. The van der Waals surface area contributed by atoms with Crippen LogP contribution in [0.25, 0.3) is 6.08 Å². The van der Waals surface area contributed by atoms with Gasteiger partial charge in [0.25, 0.3) is 17.1 Å². The minimum absolute atomic E-state index is 0.0955. The monoisotopic (exact) mass is 674 g/mol. The molecule has 1 aliphatic rings. The van der Waals surface area contributed by atoms with Crippen LogP contribution in [-0.4, -0.2) is 55.9 Å². The van der Waals surface area contributed by atoms with Crippen LogP contribution in [0.15, 0.2) is 65.6 Å². The fourth-order valence-corrected chi connectivity index (χ4v) is 5.50. The van der Waals surface area contributed by atoms with E-state index in [1.165, 1.54) is 7.11 Å². The Kier molecular flexibility index (Phi) is 9.93. The lowest BCUT2D eigenvalue weighted by molar-refractivity contribution is -0.123. The highest BCUT2D eigenvalue weighted by Gasteiger charge is 2.35. The Labute approximate surface area is 249 Å². The van der Waals surface area contributed by atoms with Gasteiger partial charge in [-0.15, -0.1) is 0 Å². The first-order valence-electron chi connectivity index (χ1n) is 12.2. The van der Waals surface area contributed by atoms with Crippen LogP contribution in [0.3, 0.4) is 0 Å². The van der Waals surface area contributed by atoms with Crippen LogP contribution in [0.2, 0.25) is 0 Å². The standard InChI is InChI=1S/C29H27IN2O7S/c1-18-7-6-8-20(13-18)31-26(33)17-39-27-21(30)14-19(15-24(27)37-3)16-25-28(34)32(29(35)40-25)11-12-38-23-10-5-4-9-22(23)36-2/h4-10,13-16H,11-12,17H2,1-3H3,(H,31,33)/b25-16-. The van der Waals surface area contributed by atoms with Crippen LogP contribution in [0.4, 0.5) is 10.5 Å². The second kappa shape index (κ2) is 13.6. The highest BCUT2D eigenvalue weighted by molar-refractivity contribution is 14.1. The summed E-state index contributed by atoms with van der Waals surface area (Å²) in [4.78, 5) is 39.4. The van der Waals surface area contributed by atoms with Crippen LogP contribution in [0.5, 0.6) is 23.0 Å². The molecule has 4 rings (SSSR count). The number of thioether (sulfide) groups is 1. The van der Waals surface area contributed by atoms with E-state index in [0.717, 1.165) is 22.2 Å². The van der Waals surface area contributed by atoms with Gasteiger partial charge in [-0.05, 0) is 94.9 Å². The van der Waals surface area contributed by atoms with Gasteiger partial charge in [-0.3, -0.25) is 19.3 Å². The maximum absolute atomic E-state index is 13.0. The zero-order valence-electron chi connectivity index (χ0n) is 22.1. The van der Waals surface area contributed by atoms with Gasteiger partial charge in [-0.2, -0.15) is 0 Å². The summed E-state index contributed by atoms with van der Waals surface area (Å²) in [5, 5.41) is 2.43. The van der Waals surface area contributed by atoms with Crippen molar-refractivity contribution in [2.24, 2.45) is 0 Å². The number of amides is 3. The molecule has 3 amide bonds. The van der Waals surface area contributed by atoms with E-state index >= 15 is 0 Å². The lowest BCUT2D eigenvalue weighted by atomic mass is 10.2. The molecule has 1 N–H and O–H groups in total. The number of rotatable bonds is 11. The molecule has 1 saturated heterocycles. The summed E-state index contributed by atoms with van der Waals surface area (Å²) >= 11 is 2.94. The van der Waals surface area contributed by atoms with Crippen molar-refractivity contribution in [3.05, 3.63) is 80.3 Å². The van der Waals surface area contributed by atoms with Crippen molar-refractivity contribution < 1.29 is 33.3 Å². The van der Waals surface area contributed by atoms with Crippen molar-refractivity contribution in [1.82, 2.24) is 4.90 Å². The predicted molar refractivity (Wildman–Crippen MR) is 162 cm³/mol. The fourth-order valence-electron chi connectivity index (χ4n) is 3.85. The Balaban J connectivity index is 1.40. The summed E-state index contributed by atoms with van der Waals surface area (Å²) in [6.07, 6.45) is 1.63. The van der Waals surface area contributed by atoms with E-state index in [9.17, 15) is 14.4 Å². The molecule has 1 aliphatic heterocycles. The van der Waals surface area contributed by atoms with E-state index in [1.54, 1.807) is 43.5 Å². The maximum atomic E-state index is 13.0. The van der Waals surface area contributed by atoms with Gasteiger partial charge >= 0.3 is 0 Å². The maximum Gasteiger partial charge on any atom is 0.293 e. The number of benzene rings is 3. The van der Waals surface area contributed by atoms with Crippen molar-refractivity contribution in [3.63, 3.8) is 0 Å². The lowest BCUT2D eigenvalue weighted by Crippen LogP contribution is -2.32. The Morgan fingerprint density at radius 1 is 0.975 bits per heavy atom. The van der Waals surface area contributed by atoms with Gasteiger partial charge in [0.1, 0.15) is 6.61 Å². The van der Waals surface area contributed by atoms with Gasteiger partial charge in [0.2, 0.25) is 0 Å². The average molecular weight is 675 g/mol. The van der Waals surface area contributed by atoms with Gasteiger partial charge in [0.05, 0.1) is 29.2 Å².